The van der Waals surface area contributed by atoms with Gasteiger partial charge in [-0.25, -0.2) is 4.39 Å². The quantitative estimate of drug-likeness (QED) is 0.325. The first-order valence-corrected chi connectivity index (χ1v) is 11.2. The molecule has 1 aromatic heterocycles. The number of nitrogens with one attached hydrogen (secondary N) is 2. The molecule has 0 aliphatic heterocycles. The third-order valence-corrected chi connectivity index (χ3v) is 6.39. The number of rotatable bonds is 7. The number of amidine groups is 1. The largest absolute Gasteiger partial charge is 0.384 e. The molecule has 1 fully saturated rings. The molecule has 1 aliphatic rings. The Bertz CT molecular complexity index is 1230. The molecule has 0 radical (unpaired) electrons. The fraction of sp³-hybridized carbons (Fsp3) is 0.320. The summed E-state index contributed by atoms with van der Waals surface area (Å²) in [6, 6.07) is 11.1. The zero-order valence-corrected chi connectivity index (χ0v) is 18.4. The second-order valence-corrected chi connectivity index (χ2v) is 8.69. The highest BCUT2D eigenvalue weighted by Crippen LogP contribution is 2.25. The number of carbonyl (C=O) groups is 2. The minimum Gasteiger partial charge on any atom is -0.384 e. The van der Waals surface area contributed by atoms with Crippen LogP contribution in [0.2, 0.25) is 0 Å². The van der Waals surface area contributed by atoms with Gasteiger partial charge in [-0.3, -0.25) is 15.0 Å². The molecule has 4 rings (SSSR count). The Morgan fingerprint density at radius 2 is 1.76 bits per heavy atom. The molecular weight excluding hydrogens is 421 g/mol. The molecule has 0 spiro atoms. The van der Waals surface area contributed by atoms with Crippen molar-refractivity contribution in [3.8, 4) is 0 Å². The Balaban J connectivity index is 1.70. The first-order chi connectivity index (χ1) is 15.8. The maximum atomic E-state index is 14.8. The summed E-state index contributed by atoms with van der Waals surface area (Å²) in [6.45, 7) is 0.683. The van der Waals surface area contributed by atoms with Crippen molar-refractivity contribution < 1.29 is 14.0 Å². The molecule has 2 aromatic carbocycles. The lowest BCUT2D eigenvalue weighted by atomic mass is 9.89. The third kappa shape index (κ3) is 4.89. The van der Waals surface area contributed by atoms with Crippen LogP contribution < -0.4 is 16.8 Å². The van der Waals surface area contributed by atoms with E-state index in [1.807, 2.05) is 0 Å². The van der Waals surface area contributed by atoms with Crippen LogP contribution in [-0.2, 0) is 6.54 Å². The topological polar surface area (TPSA) is 127 Å². The zero-order chi connectivity index (χ0) is 23.5. The summed E-state index contributed by atoms with van der Waals surface area (Å²) in [7, 11) is 0. The standard InChI is InChI=1S/C25H28FN5O2/c26-20-10-18(24(29)32)8-9-19(20)14-31-21-12-17(23(27)28)7-6-16(21)11-22(31)25(33)30-13-15-4-2-1-3-5-15/h6-12,15H,1-5,13-14H2,(H3,27,28)(H2,29,32)(H,30,33). The van der Waals surface area contributed by atoms with Gasteiger partial charge in [0.1, 0.15) is 17.3 Å². The average molecular weight is 450 g/mol. The van der Waals surface area contributed by atoms with Crippen molar-refractivity contribution in [2.24, 2.45) is 17.4 Å². The van der Waals surface area contributed by atoms with Crippen LogP contribution in [0.15, 0.2) is 42.5 Å². The van der Waals surface area contributed by atoms with Crippen molar-refractivity contribution in [3.05, 3.63) is 70.7 Å². The van der Waals surface area contributed by atoms with Gasteiger partial charge in [-0.2, -0.15) is 0 Å². The van der Waals surface area contributed by atoms with Crippen LogP contribution in [0.25, 0.3) is 10.9 Å². The lowest BCUT2D eigenvalue weighted by Crippen LogP contribution is -2.31. The third-order valence-electron chi connectivity index (χ3n) is 6.39. The van der Waals surface area contributed by atoms with E-state index in [2.05, 4.69) is 5.32 Å². The Morgan fingerprint density at radius 1 is 1.03 bits per heavy atom. The number of hydrogen-bond acceptors (Lipinski definition) is 3. The van der Waals surface area contributed by atoms with Crippen molar-refractivity contribution in [2.45, 2.75) is 38.6 Å². The van der Waals surface area contributed by atoms with Crippen LogP contribution in [0.5, 0.6) is 0 Å². The molecule has 0 unspecified atom stereocenters. The average Bonchev–Trinajstić information content (AvgIpc) is 3.17. The summed E-state index contributed by atoms with van der Waals surface area (Å²) < 4.78 is 16.5. The molecule has 3 aromatic rings. The summed E-state index contributed by atoms with van der Waals surface area (Å²) in [4.78, 5) is 24.5. The Kier molecular flexibility index (Phi) is 6.44. The molecule has 1 heterocycles. The maximum absolute atomic E-state index is 14.8. The van der Waals surface area contributed by atoms with Gasteiger partial charge in [-0.15, -0.1) is 0 Å². The minimum absolute atomic E-state index is 0.0713. The van der Waals surface area contributed by atoms with Gasteiger partial charge >= 0.3 is 0 Å². The second-order valence-electron chi connectivity index (χ2n) is 8.69. The highest BCUT2D eigenvalue weighted by Gasteiger charge is 2.20. The highest BCUT2D eigenvalue weighted by atomic mass is 19.1. The molecule has 0 atom stereocenters. The Labute approximate surface area is 191 Å². The number of nitrogens with two attached hydrogens (primary N) is 2. The Hall–Kier alpha value is -3.68. The molecule has 172 valence electrons. The number of carbonyl (C=O) groups excluding carboxylic acids is 2. The number of amides is 2. The first-order valence-electron chi connectivity index (χ1n) is 11.2. The van der Waals surface area contributed by atoms with Gasteiger partial charge < -0.3 is 21.4 Å². The number of benzene rings is 2. The Morgan fingerprint density at radius 3 is 2.42 bits per heavy atom. The molecule has 2 amide bonds. The number of aromatic nitrogens is 1. The fourth-order valence-electron chi connectivity index (χ4n) is 4.50. The number of nitrogen functional groups attached to an aromatic ring is 1. The van der Waals surface area contributed by atoms with Gasteiger partial charge in [-0.1, -0.05) is 37.5 Å². The van der Waals surface area contributed by atoms with E-state index in [-0.39, 0.29) is 23.9 Å². The number of nitrogens with zero attached hydrogens (tertiary/aromatic N) is 1. The van der Waals surface area contributed by atoms with Crippen LogP contribution in [0.4, 0.5) is 4.39 Å². The molecule has 1 aliphatic carbocycles. The molecule has 33 heavy (non-hydrogen) atoms. The van der Waals surface area contributed by atoms with Crippen LogP contribution in [0.1, 0.15) is 64.1 Å². The summed E-state index contributed by atoms with van der Waals surface area (Å²) in [5, 5.41) is 11.6. The van der Waals surface area contributed by atoms with Crippen molar-refractivity contribution in [2.75, 3.05) is 6.54 Å². The molecule has 7 nitrogen and oxygen atoms in total. The second kappa shape index (κ2) is 9.44. The minimum atomic E-state index is -0.708. The van der Waals surface area contributed by atoms with Crippen molar-refractivity contribution in [3.63, 3.8) is 0 Å². The van der Waals surface area contributed by atoms with E-state index in [9.17, 15) is 14.0 Å². The first kappa shape index (κ1) is 22.5. The van der Waals surface area contributed by atoms with E-state index in [0.717, 1.165) is 24.3 Å². The predicted octanol–water partition coefficient (Wildman–Crippen LogP) is 3.52. The summed E-state index contributed by atoms with van der Waals surface area (Å²) in [6.07, 6.45) is 5.85. The number of fused-ring (bicyclic) bond motifs is 1. The van der Waals surface area contributed by atoms with Gasteiger partial charge in [0.05, 0.1) is 6.54 Å². The number of hydrogen-bond donors (Lipinski definition) is 4. The number of halogens is 1. The normalized spacial score (nSPS) is 14.3. The van der Waals surface area contributed by atoms with Crippen molar-refractivity contribution in [1.82, 2.24) is 9.88 Å². The summed E-state index contributed by atoms with van der Waals surface area (Å²) >= 11 is 0. The molecular formula is C25H28FN5O2. The van der Waals surface area contributed by atoms with E-state index < -0.39 is 11.7 Å². The molecule has 0 saturated heterocycles. The van der Waals surface area contributed by atoms with Gasteiger partial charge in [0.25, 0.3) is 5.91 Å². The van der Waals surface area contributed by atoms with Crippen LogP contribution in [0, 0.1) is 17.1 Å². The highest BCUT2D eigenvalue weighted by molar-refractivity contribution is 6.02. The molecule has 6 N–H and O–H groups in total. The van der Waals surface area contributed by atoms with Crippen molar-refractivity contribution in [1.29, 1.82) is 5.41 Å². The monoisotopic (exact) mass is 449 g/mol. The summed E-state index contributed by atoms with van der Waals surface area (Å²) in [5.74, 6) is -1.13. The lowest BCUT2D eigenvalue weighted by Gasteiger charge is -2.22. The van der Waals surface area contributed by atoms with E-state index in [4.69, 9.17) is 16.9 Å². The van der Waals surface area contributed by atoms with E-state index >= 15 is 0 Å². The van der Waals surface area contributed by atoms with E-state index in [0.29, 0.717) is 34.8 Å². The van der Waals surface area contributed by atoms with Crippen LogP contribution >= 0.6 is 0 Å². The SMILES string of the molecule is N=C(N)c1ccc2cc(C(=O)NCC3CCCCC3)n(Cc3ccc(C(N)=O)cc3F)c2c1. The van der Waals surface area contributed by atoms with Gasteiger partial charge in [0.15, 0.2) is 0 Å². The van der Waals surface area contributed by atoms with Gasteiger partial charge in [0, 0.05) is 34.1 Å². The fourth-order valence-corrected chi connectivity index (χ4v) is 4.50. The molecule has 0 bridgehead atoms. The zero-order valence-electron chi connectivity index (χ0n) is 18.4. The smallest absolute Gasteiger partial charge is 0.267 e. The predicted molar refractivity (Wildman–Crippen MR) is 126 cm³/mol. The summed E-state index contributed by atoms with van der Waals surface area (Å²) in [5.41, 5.74) is 12.9. The van der Waals surface area contributed by atoms with Crippen molar-refractivity contribution >= 4 is 28.6 Å². The van der Waals surface area contributed by atoms with E-state index in [1.165, 1.54) is 31.4 Å². The van der Waals surface area contributed by atoms with Gasteiger partial charge in [0.2, 0.25) is 5.91 Å². The molecule has 8 heteroatoms. The van der Waals surface area contributed by atoms with E-state index in [1.54, 1.807) is 28.8 Å². The maximum Gasteiger partial charge on any atom is 0.267 e. The van der Waals surface area contributed by atoms with Gasteiger partial charge in [-0.05, 0) is 43.0 Å². The van der Waals surface area contributed by atoms with Crippen LogP contribution in [0.3, 0.4) is 0 Å². The molecule has 1 saturated carbocycles. The van der Waals surface area contributed by atoms with Crippen LogP contribution in [-0.4, -0.2) is 28.8 Å². The lowest BCUT2D eigenvalue weighted by molar-refractivity contribution is 0.0934. The number of primary amides is 1.